The number of phenolic OH excluding ortho intramolecular Hbond substituents is 3. The molecule has 5 rings (SSSR count). The lowest BCUT2D eigenvalue weighted by atomic mass is 9.97. The summed E-state index contributed by atoms with van der Waals surface area (Å²) < 4.78 is 0. The van der Waals surface area contributed by atoms with Gasteiger partial charge in [0, 0.05) is 12.8 Å². The van der Waals surface area contributed by atoms with Crippen LogP contribution in [-0.2, 0) is 25.7 Å². The maximum absolute atomic E-state index is 10.7. The molecule has 0 heterocycles. The number of para-hydroxylation sites is 1. The van der Waals surface area contributed by atoms with E-state index in [1.807, 2.05) is 42.5 Å². The van der Waals surface area contributed by atoms with Crippen molar-refractivity contribution in [3.63, 3.8) is 0 Å². The molecule has 0 aromatic heterocycles. The Morgan fingerprint density at radius 2 is 0.838 bits per heavy atom. The fraction of sp³-hybridized carbons (Fsp3) is 0.118. The zero-order valence-corrected chi connectivity index (χ0v) is 20.6. The minimum Gasteiger partial charge on any atom is -0.508 e. The molecule has 5 aromatic rings. The Kier molecular flexibility index (Phi) is 7.23. The van der Waals surface area contributed by atoms with Crippen LogP contribution in [0.1, 0.15) is 44.5 Å². The number of hydrogen-bond acceptors (Lipinski definition) is 3. The van der Waals surface area contributed by atoms with Crippen molar-refractivity contribution in [2.75, 3.05) is 0 Å². The van der Waals surface area contributed by atoms with Crippen molar-refractivity contribution in [3.05, 3.63) is 160 Å². The highest BCUT2D eigenvalue weighted by atomic mass is 16.3. The normalized spacial score (nSPS) is 10.9. The molecule has 0 fully saturated rings. The van der Waals surface area contributed by atoms with E-state index in [1.54, 1.807) is 18.2 Å². The Morgan fingerprint density at radius 3 is 1.38 bits per heavy atom. The fourth-order valence-corrected chi connectivity index (χ4v) is 4.66. The van der Waals surface area contributed by atoms with E-state index >= 15 is 0 Å². The van der Waals surface area contributed by atoms with E-state index in [4.69, 9.17) is 0 Å². The first-order valence-electron chi connectivity index (χ1n) is 12.5. The number of phenols is 3. The van der Waals surface area contributed by atoms with Gasteiger partial charge < -0.3 is 15.3 Å². The van der Waals surface area contributed by atoms with Gasteiger partial charge in [0.1, 0.15) is 17.2 Å². The van der Waals surface area contributed by atoms with Crippen LogP contribution in [0.25, 0.3) is 0 Å². The molecule has 5 aromatic carbocycles. The smallest absolute Gasteiger partial charge is 0.119 e. The molecule has 0 aliphatic heterocycles. The Morgan fingerprint density at radius 1 is 0.351 bits per heavy atom. The van der Waals surface area contributed by atoms with Gasteiger partial charge in [-0.15, -0.1) is 0 Å². The quantitative estimate of drug-likeness (QED) is 0.218. The van der Waals surface area contributed by atoms with E-state index < -0.39 is 0 Å². The van der Waals surface area contributed by atoms with Crippen molar-refractivity contribution in [2.24, 2.45) is 0 Å². The summed E-state index contributed by atoms with van der Waals surface area (Å²) in [6.45, 7) is 0. The highest BCUT2D eigenvalue weighted by molar-refractivity contribution is 5.43. The molecule has 0 radical (unpaired) electrons. The molecular weight excluding hydrogens is 456 g/mol. The number of hydrogen-bond donors (Lipinski definition) is 3. The molecule has 0 spiro atoms. The van der Waals surface area contributed by atoms with Crippen molar-refractivity contribution in [1.82, 2.24) is 0 Å². The second kappa shape index (κ2) is 11.0. The minimum atomic E-state index is 0.286. The summed E-state index contributed by atoms with van der Waals surface area (Å²) in [6.07, 6.45) is 2.87. The minimum absolute atomic E-state index is 0.286. The Labute approximate surface area is 218 Å². The van der Waals surface area contributed by atoms with E-state index in [-0.39, 0.29) is 5.75 Å². The van der Waals surface area contributed by atoms with E-state index in [0.29, 0.717) is 24.3 Å². The van der Waals surface area contributed by atoms with Crippen molar-refractivity contribution >= 4 is 0 Å². The zero-order chi connectivity index (χ0) is 25.6. The molecule has 0 saturated carbocycles. The summed E-state index contributed by atoms with van der Waals surface area (Å²) in [4.78, 5) is 0. The van der Waals surface area contributed by atoms with Gasteiger partial charge in [-0.3, -0.25) is 0 Å². The summed E-state index contributed by atoms with van der Waals surface area (Å²) in [5.41, 5.74) is 8.61. The molecule has 3 nitrogen and oxygen atoms in total. The SMILES string of the molecule is Oc1cccc(Cc2ccc(Cc3ccc(Cc4ccc(Cc5ccccc5O)cc4)cc3O)cc2)c1. The second-order valence-electron chi connectivity index (χ2n) is 9.60. The van der Waals surface area contributed by atoms with Gasteiger partial charge in [0.05, 0.1) is 0 Å². The molecule has 0 amide bonds. The number of aromatic hydroxyl groups is 3. The maximum Gasteiger partial charge on any atom is 0.119 e. The van der Waals surface area contributed by atoms with Gasteiger partial charge in [-0.25, -0.2) is 0 Å². The zero-order valence-electron chi connectivity index (χ0n) is 20.6. The summed E-state index contributed by atoms with van der Waals surface area (Å²) in [6, 6.07) is 37.6. The third kappa shape index (κ3) is 6.39. The van der Waals surface area contributed by atoms with E-state index in [9.17, 15) is 15.3 Å². The summed E-state index contributed by atoms with van der Waals surface area (Å²) in [5, 5.41) is 30.4. The Hall–Kier alpha value is -4.50. The van der Waals surface area contributed by atoms with E-state index in [0.717, 1.165) is 46.2 Å². The molecule has 0 unspecified atom stereocenters. The standard InChI is InChI=1S/C34H30O3/c35-32-6-3-4-28(22-32)18-24-8-14-27(15-9-24)21-31-17-16-29(23-34(31)37)19-25-10-12-26(13-11-25)20-30-5-1-2-7-33(30)36/h1-17,22-23,35-37H,18-21H2. The predicted octanol–water partition coefficient (Wildman–Crippen LogP) is 7.17. The molecule has 0 aliphatic carbocycles. The summed E-state index contributed by atoms with van der Waals surface area (Å²) in [7, 11) is 0. The van der Waals surface area contributed by atoms with Gasteiger partial charge in [-0.05, 0) is 81.6 Å². The van der Waals surface area contributed by atoms with E-state index in [2.05, 4.69) is 54.6 Å². The lowest BCUT2D eigenvalue weighted by Crippen LogP contribution is -1.94. The molecular formula is C34H30O3. The van der Waals surface area contributed by atoms with Crippen molar-refractivity contribution < 1.29 is 15.3 Å². The lowest BCUT2D eigenvalue weighted by Gasteiger charge is -2.10. The van der Waals surface area contributed by atoms with Gasteiger partial charge in [-0.1, -0.05) is 91.0 Å². The first kappa shape index (κ1) is 24.2. The average Bonchev–Trinajstić information content (AvgIpc) is 2.89. The van der Waals surface area contributed by atoms with Gasteiger partial charge in [-0.2, -0.15) is 0 Å². The van der Waals surface area contributed by atoms with Crippen LogP contribution in [-0.4, -0.2) is 15.3 Å². The highest BCUT2D eigenvalue weighted by Crippen LogP contribution is 2.25. The molecule has 3 N–H and O–H groups in total. The maximum atomic E-state index is 10.7. The van der Waals surface area contributed by atoms with Crippen LogP contribution < -0.4 is 0 Å². The van der Waals surface area contributed by atoms with E-state index in [1.165, 1.54) is 11.1 Å². The second-order valence-corrected chi connectivity index (χ2v) is 9.60. The van der Waals surface area contributed by atoms with Gasteiger partial charge in [0.25, 0.3) is 0 Å². The third-order valence-corrected chi connectivity index (χ3v) is 6.70. The first-order chi connectivity index (χ1) is 18.0. The molecule has 0 saturated heterocycles. The average molecular weight is 487 g/mol. The molecule has 0 atom stereocenters. The topological polar surface area (TPSA) is 60.7 Å². The van der Waals surface area contributed by atoms with Crippen LogP contribution in [0, 0.1) is 0 Å². The fourth-order valence-electron chi connectivity index (χ4n) is 4.66. The van der Waals surface area contributed by atoms with Gasteiger partial charge >= 0.3 is 0 Å². The summed E-state index contributed by atoms with van der Waals surface area (Å²) in [5.74, 6) is 0.929. The molecule has 3 heteroatoms. The van der Waals surface area contributed by atoms with Crippen molar-refractivity contribution in [1.29, 1.82) is 0 Å². The van der Waals surface area contributed by atoms with Crippen LogP contribution in [0.4, 0.5) is 0 Å². The molecule has 184 valence electrons. The first-order valence-corrected chi connectivity index (χ1v) is 12.5. The largest absolute Gasteiger partial charge is 0.508 e. The van der Waals surface area contributed by atoms with Crippen LogP contribution in [0.15, 0.2) is 115 Å². The van der Waals surface area contributed by atoms with Crippen molar-refractivity contribution in [3.8, 4) is 17.2 Å². The lowest BCUT2D eigenvalue weighted by molar-refractivity contribution is 0.468. The molecule has 37 heavy (non-hydrogen) atoms. The van der Waals surface area contributed by atoms with Gasteiger partial charge in [0.2, 0.25) is 0 Å². The summed E-state index contributed by atoms with van der Waals surface area (Å²) >= 11 is 0. The Balaban J connectivity index is 1.19. The Bertz CT molecular complexity index is 1490. The molecule has 0 bridgehead atoms. The molecule has 0 aliphatic rings. The van der Waals surface area contributed by atoms with Crippen LogP contribution in [0.5, 0.6) is 17.2 Å². The van der Waals surface area contributed by atoms with Crippen LogP contribution in [0.2, 0.25) is 0 Å². The number of rotatable bonds is 8. The van der Waals surface area contributed by atoms with Crippen LogP contribution in [0.3, 0.4) is 0 Å². The van der Waals surface area contributed by atoms with Crippen LogP contribution >= 0.6 is 0 Å². The predicted molar refractivity (Wildman–Crippen MR) is 148 cm³/mol. The van der Waals surface area contributed by atoms with Gasteiger partial charge in [0.15, 0.2) is 0 Å². The van der Waals surface area contributed by atoms with Crippen molar-refractivity contribution in [2.45, 2.75) is 25.7 Å². The highest BCUT2D eigenvalue weighted by Gasteiger charge is 2.07. The monoisotopic (exact) mass is 486 g/mol. The third-order valence-electron chi connectivity index (χ3n) is 6.70. The number of benzene rings is 5.